The van der Waals surface area contributed by atoms with E-state index in [1.165, 1.54) is 22.0 Å². The summed E-state index contributed by atoms with van der Waals surface area (Å²) in [5.74, 6) is 0. The number of aromatic nitrogens is 2. The lowest BCUT2D eigenvalue weighted by atomic mass is 10.2. The predicted molar refractivity (Wildman–Crippen MR) is 102 cm³/mol. The number of benzene rings is 1. The van der Waals surface area contributed by atoms with E-state index in [1.807, 2.05) is 4.90 Å². The molecule has 0 amide bonds. The second-order valence-electron chi connectivity index (χ2n) is 7.08. The first-order valence-corrected chi connectivity index (χ1v) is 10.5. The lowest BCUT2D eigenvalue weighted by Gasteiger charge is -2.34. The lowest BCUT2D eigenvalue weighted by Crippen LogP contribution is -2.49. The van der Waals surface area contributed by atoms with Crippen molar-refractivity contribution >= 4 is 10.0 Å². The molecule has 8 nitrogen and oxygen atoms in total. The largest absolute Gasteiger partial charge is 0.416 e. The molecule has 1 aromatic carbocycles. The number of halogens is 3. The van der Waals surface area contributed by atoms with E-state index in [0.717, 1.165) is 28.8 Å². The van der Waals surface area contributed by atoms with E-state index in [1.54, 1.807) is 7.05 Å². The van der Waals surface area contributed by atoms with Crippen LogP contribution in [0.15, 0.2) is 44.8 Å². The monoisotopic (exact) mass is 446 g/mol. The van der Waals surface area contributed by atoms with E-state index in [4.69, 9.17) is 0 Å². The fourth-order valence-corrected chi connectivity index (χ4v) is 4.67. The molecule has 0 N–H and O–H groups in total. The molecule has 0 aliphatic carbocycles. The topological polar surface area (TPSA) is 84.6 Å². The van der Waals surface area contributed by atoms with Crippen LogP contribution in [-0.2, 0) is 36.8 Å². The van der Waals surface area contributed by atoms with Gasteiger partial charge in [0.1, 0.15) is 0 Å². The fraction of sp³-hybridized carbons (Fsp3) is 0.444. The Kier molecular flexibility index (Phi) is 5.94. The van der Waals surface area contributed by atoms with Gasteiger partial charge in [0.2, 0.25) is 10.0 Å². The van der Waals surface area contributed by atoms with Gasteiger partial charge in [0, 0.05) is 58.6 Å². The quantitative estimate of drug-likeness (QED) is 0.687. The minimum atomic E-state index is -4.54. The molecule has 0 spiro atoms. The zero-order valence-electron chi connectivity index (χ0n) is 16.4. The van der Waals surface area contributed by atoms with Crippen LogP contribution in [0.3, 0.4) is 0 Å². The number of piperazine rings is 1. The van der Waals surface area contributed by atoms with Crippen molar-refractivity contribution in [3.63, 3.8) is 0 Å². The molecule has 12 heteroatoms. The molecule has 0 radical (unpaired) electrons. The molecule has 3 rings (SSSR count). The molecule has 0 bridgehead atoms. The zero-order valence-corrected chi connectivity index (χ0v) is 17.2. The van der Waals surface area contributed by atoms with Gasteiger partial charge in [-0.2, -0.15) is 17.5 Å². The SMILES string of the molecule is Cn1c(CN2CCN(S(=O)(=O)c3ccc(C(F)(F)F)cc3)CC2)cc(=O)n(C)c1=O. The van der Waals surface area contributed by atoms with Crippen LogP contribution in [0.5, 0.6) is 0 Å². The Morgan fingerprint density at radius 1 is 0.933 bits per heavy atom. The van der Waals surface area contributed by atoms with Crippen LogP contribution in [0.4, 0.5) is 13.2 Å². The van der Waals surface area contributed by atoms with E-state index in [2.05, 4.69) is 0 Å². The summed E-state index contributed by atoms with van der Waals surface area (Å²) >= 11 is 0. The fourth-order valence-electron chi connectivity index (χ4n) is 3.25. The van der Waals surface area contributed by atoms with E-state index < -0.39 is 33.0 Å². The molecule has 2 heterocycles. The summed E-state index contributed by atoms with van der Waals surface area (Å²) in [6.07, 6.45) is -4.54. The Morgan fingerprint density at radius 2 is 1.50 bits per heavy atom. The standard InChI is InChI=1S/C18H21F3N4O4S/c1-22-14(11-16(26)23(2)17(22)27)12-24-7-9-25(10-8-24)30(28,29)15-5-3-13(4-6-15)18(19,20)21/h3-6,11H,7-10,12H2,1-2H3. The highest BCUT2D eigenvalue weighted by atomic mass is 32.2. The number of alkyl halides is 3. The van der Waals surface area contributed by atoms with Crippen LogP contribution in [0.2, 0.25) is 0 Å². The predicted octanol–water partition coefficient (Wildman–Crippen LogP) is 0.609. The summed E-state index contributed by atoms with van der Waals surface area (Å²) < 4.78 is 67.1. The second-order valence-corrected chi connectivity index (χ2v) is 9.01. The normalized spacial score (nSPS) is 16.7. The van der Waals surface area contributed by atoms with Gasteiger partial charge in [0.25, 0.3) is 5.56 Å². The molecule has 164 valence electrons. The van der Waals surface area contributed by atoms with Crippen molar-refractivity contribution in [1.29, 1.82) is 0 Å². The minimum absolute atomic E-state index is 0.141. The van der Waals surface area contributed by atoms with Gasteiger partial charge >= 0.3 is 11.9 Å². The number of sulfonamides is 1. The first-order valence-electron chi connectivity index (χ1n) is 9.07. The third-order valence-corrected chi connectivity index (χ3v) is 7.07. The highest BCUT2D eigenvalue weighted by Gasteiger charge is 2.32. The summed E-state index contributed by atoms with van der Waals surface area (Å²) in [6.45, 7) is 1.28. The van der Waals surface area contributed by atoms with Crippen LogP contribution < -0.4 is 11.2 Å². The Morgan fingerprint density at radius 3 is 2.03 bits per heavy atom. The Balaban J connectivity index is 1.69. The van der Waals surface area contributed by atoms with Gasteiger partial charge < -0.3 is 0 Å². The lowest BCUT2D eigenvalue weighted by molar-refractivity contribution is -0.137. The van der Waals surface area contributed by atoms with Crippen molar-refractivity contribution in [1.82, 2.24) is 18.3 Å². The van der Waals surface area contributed by atoms with Crippen LogP contribution in [-0.4, -0.2) is 52.9 Å². The van der Waals surface area contributed by atoms with Gasteiger partial charge in [-0.25, -0.2) is 13.2 Å². The summed E-state index contributed by atoms with van der Waals surface area (Å²) in [5, 5.41) is 0. The summed E-state index contributed by atoms with van der Waals surface area (Å²) in [6, 6.07) is 4.78. The molecule has 1 aromatic heterocycles. The number of rotatable bonds is 4. The Hall–Kier alpha value is -2.44. The van der Waals surface area contributed by atoms with E-state index in [0.29, 0.717) is 25.3 Å². The average molecular weight is 446 g/mol. The summed E-state index contributed by atoms with van der Waals surface area (Å²) in [7, 11) is -0.971. The summed E-state index contributed by atoms with van der Waals surface area (Å²) in [4.78, 5) is 25.6. The van der Waals surface area contributed by atoms with E-state index in [-0.39, 0.29) is 18.0 Å². The maximum absolute atomic E-state index is 12.7. The molecule has 0 atom stereocenters. The Bertz CT molecular complexity index is 1150. The van der Waals surface area contributed by atoms with Crippen molar-refractivity contribution in [3.05, 3.63) is 62.4 Å². The molecule has 1 aliphatic rings. The highest BCUT2D eigenvalue weighted by Crippen LogP contribution is 2.30. The smallest absolute Gasteiger partial charge is 0.299 e. The van der Waals surface area contributed by atoms with Crippen molar-refractivity contribution in [3.8, 4) is 0 Å². The number of hydrogen-bond donors (Lipinski definition) is 0. The molecule has 2 aromatic rings. The minimum Gasteiger partial charge on any atom is -0.299 e. The van der Waals surface area contributed by atoms with Gasteiger partial charge in [0.05, 0.1) is 10.5 Å². The number of nitrogens with zero attached hydrogens (tertiary/aromatic N) is 4. The van der Waals surface area contributed by atoms with Gasteiger partial charge in [-0.1, -0.05) is 0 Å². The van der Waals surface area contributed by atoms with Crippen molar-refractivity contribution in [2.24, 2.45) is 14.1 Å². The van der Waals surface area contributed by atoms with Crippen LogP contribution in [0.25, 0.3) is 0 Å². The van der Waals surface area contributed by atoms with Crippen LogP contribution in [0, 0.1) is 0 Å². The molecule has 1 aliphatic heterocycles. The van der Waals surface area contributed by atoms with Crippen molar-refractivity contribution in [2.45, 2.75) is 17.6 Å². The molecular weight excluding hydrogens is 425 g/mol. The van der Waals surface area contributed by atoms with Crippen LogP contribution in [0.1, 0.15) is 11.3 Å². The van der Waals surface area contributed by atoms with E-state index >= 15 is 0 Å². The van der Waals surface area contributed by atoms with Gasteiger partial charge in [-0.05, 0) is 24.3 Å². The van der Waals surface area contributed by atoms with Crippen molar-refractivity contribution in [2.75, 3.05) is 26.2 Å². The molecule has 1 fully saturated rings. The van der Waals surface area contributed by atoms with Gasteiger partial charge in [0.15, 0.2) is 0 Å². The third kappa shape index (κ3) is 4.35. The van der Waals surface area contributed by atoms with Crippen molar-refractivity contribution < 1.29 is 21.6 Å². The third-order valence-electron chi connectivity index (χ3n) is 5.16. The molecule has 30 heavy (non-hydrogen) atoms. The zero-order chi connectivity index (χ0) is 22.3. The number of hydrogen-bond acceptors (Lipinski definition) is 5. The molecule has 1 saturated heterocycles. The maximum atomic E-state index is 12.7. The molecular formula is C18H21F3N4O4S. The van der Waals surface area contributed by atoms with E-state index in [9.17, 15) is 31.2 Å². The highest BCUT2D eigenvalue weighted by molar-refractivity contribution is 7.89. The second kappa shape index (κ2) is 8.00. The maximum Gasteiger partial charge on any atom is 0.416 e. The first-order chi connectivity index (χ1) is 13.9. The molecule has 0 saturated carbocycles. The average Bonchev–Trinajstić information content (AvgIpc) is 2.70. The Labute approximate surface area is 170 Å². The van der Waals surface area contributed by atoms with Gasteiger partial charge in [-0.15, -0.1) is 0 Å². The molecule has 0 unspecified atom stereocenters. The summed E-state index contributed by atoms with van der Waals surface area (Å²) in [5.41, 5.74) is -1.26. The first kappa shape index (κ1) is 22.2. The van der Waals surface area contributed by atoms with Gasteiger partial charge in [-0.3, -0.25) is 18.8 Å². The van der Waals surface area contributed by atoms with Crippen LogP contribution >= 0.6 is 0 Å².